The van der Waals surface area contributed by atoms with Crippen LogP contribution in [0.4, 0.5) is 0 Å². The zero-order valence-electron chi connectivity index (χ0n) is 17.6. The SMILES string of the molecule is COCCn1ccc2c(OCC(=O)N3CCC(O)(c4ccc(Cl)cc4)CC3)cccc21. The smallest absolute Gasteiger partial charge is 0.260 e. The summed E-state index contributed by atoms with van der Waals surface area (Å²) in [7, 11) is 1.68. The molecule has 4 rings (SSSR count). The summed E-state index contributed by atoms with van der Waals surface area (Å²) in [5.74, 6) is 0.616. The van der Waals surface area contributed by atoms with Gasteiger partial charge >= 0.3 is 0 Å². The minimum atomic E-state index is -0.932. The number of methoxy groups -OCH3 is 1. The number of nitrogens with zero attached hydrogens (tertiary/aromatic N) is 2. The third kappa shape index (κ3) is 4.71. The Morgan fingerprint density at radius 3 is 2.58 bits per heavy atom. The van der Waals surface area contributed by atoms with Crippen molar-refractivity contribution in [3.63, 3.8) is 0 Å². The van der Waals surface area contributed by atoms with E-state index in [1.807, 2.05) is 42.6 Å². The number of fused-ring (bicyclic) bond motifs is 1. The summed E-state index contributed by atoms with van der Waals surface area (Å²) in [5.41, 5.74) is 0.955. The Bertz CT molecular complexity index is 1040. The lowest BCUT2D eigenvalue weighted by Crippen LogP contribution is -2.46. The normalized spacial score (nSPS) is 15.9. The van der Waals surface area contributed by atoms with Crippen LogP contribution in [0.3, 0.4) is 0 Å². The molecule has 7 heteroatoms. The number of hydrogen-bond donors (Lipinski definition) is 1. The predicted molar refractivity (Wildman–Crippen MR) is 120 cm³/mol. The highest BCUT2D eigenvalue weighted by Gasteiger charge is 2.35. The number of carbonyl (C=O) groups is 1. The molecule has 0 aliphatic carbocycles. The van der Waals surface area contributed by atoms with E-state index in [-0.39, 0.29) is 12.5 Å². The highest BCUT2D eigenvalue weighted by Crippen LogP contribution is 2.33. The summed E-state index contributed by atoms with van der Waals surface area (Å²) in [5, 5.41) is 12.6. The van der Waals surface area contributed by atoms with Crippen LogP contribution < -0.4 is 4.74 Å². The van der Waals surface area contributed by atoms with Gasteiger partial charge in [-0.1, -0.05) is 29.8 Å². The van der Waals surface area contributed by atoms with E-state index < -0.39 is 5.60 Å². The molecule has 1 aromatic heterocycles. The molecule has 6 nitrogen and oxygen atoms in total. The molecule has 0 saturated carbocycles. The molecule has 1 aliphatic rings. The van der Waals surface area contributed by atoms with Crippen LogP contribution in [-0.2, 0) is 21.7 Å². The van der Waals surface area contributed by atoms with E-state index in [1.165, 1.54) is 0 Å². The van der Waals surface area contributed by atoms with E-state index in [9.17, 15) is 9.90 Å². The lowest BCUT2D eigenvalue weighted by Gasteiger charge is -2.38. The molecule has 2 heterocycles. The summed E-state index contributed by atoms with van der Waals surface area (Å²) < 4.78 is 13.2. The van der Waals surface area contributed by atoms with Crippen molar-refractivity contribution >= 4 is 28.4 Å². The van der Waals surface area contributed by atoms with Gasteiger partial charge in [0.2, 0.25) is 0 Å². The summed E-state index contributed by atoms with van der Waals surface area (Å²) in [6.07, 6.45) is 2.97. The van der Waals surface area contributed by atoms with Crippen LogP contribution in [0.2, 0.25) is 5.02 Å². The van der Waals surface area contributed by atoms with Gasteiger partial charge in [0, 0.05) is 43.3 Å². The average molecular weight is 443 g/mol. The largest absolute Gasteiger partial charge is 0.483 e. The van der Waals surface area contributed by atoms with Gasteiger partial charge in [-0.05, 0) is 48.7 Å². The van der Waals surface area contributed by atoms with Gasteiger partial charge in [0.15, 0.2) is 6.61 Å². The quantitative estimate of drug-likeness (QED) is 0.604. The molecular formula is C24H27ClN2O4. The summed E-state index contributed by atoms with van der Waals surface area (Å²) >= 11 is 5.95. The maximum absolute atomic E-state index is 12.7. The summed E-state index contributed by atoms with van der Waals surface area (Å²) in [6.45, 7) is 2.33. The van der Waals surface area contributed by atoms with Gasteiger partial charge in [0.25, 0.3) is 5.91 Å². The van der Waals surface area contributed by atoms with E-state index in [4.69, 9.17) is 21.1 Å². The molecule has 1 amide bonds. The number of ether oxygens (including phenoxy) is 2. The van der Waals surface area contributed by atoms with Gasteiger partial charge < -0.3 is 24.0 Å². The van der Waals surface area contributed by atoms with Gasteiger partial charge in [-0.3, -0.25) is 4.79 Å². The topological polar surface area (TPSA) is 63.9 Å². The second-order valence-corrected chi connectivity index (χ2v) is 8.34. The number of amides is 1. The Morgan fingerprint density at radius 1 is 1.13 bits per heavy atom. The maximum Gasteiger partial charge on any atom is 0.260 e. The van der Waals surface area contributed by atoms with E-state index in [1.54, 1.807) is 24.1 Å². The van der Waals surface area contributed by atoms with E-state index >= 15 is 0 Å². The van der Waals surface area contributed by atoms with E-state index in [2.05, 4.69) is 4.57 Å². The van der Waals surface area contributed by atoms with Gasteiger partial charge in [0.05, 0.1) is 17.7 Å². The van der Waals surface area contributed by atoms with E-state index in [0.29, 0.717) is 43.3 Å². The van der Waals surface area contributed by atoms with Crippen LogP contribution in [0.15, 0.2) is 54.7 Å². The van der Waals surface area contributed by atoms with Crippen molar-refractivity contribution in [1.82, 2.24) is 9.47 Å². The fraction of sp³-hybridized carbons (Fsp3) is 0.375. The van der Waals surface area contributed by atoms with Crippen molar-refractivity contribution in [1.29, 1.82) is 0 Å². The fourth-order valence-corrected chi connectivity index (χ4v) is 4.24. The van der Waals surface area contributed by atoms with Crippen LogP contribution in [0.1, 0.15) is 18.4 Å². The number of likely N-dealkylation sites (tertiary alicyclic amines) is 1. The van der Waals surface area contributed by atoms with E-state index in [0.717, 1.165) is 23.0 Å². The maximum atomic E-state index is 12.7. The van der Waals surface area contributed by atoms with Crippen molar-refractivity contribution in [2.75, 3.05) is 33.4 Å². The molecule has 2 aromatic carbocycles. The molecule has 0 atom stereocenters. The first kappa shape index (κ1) is 21.7. The van der Waals surface area contributed by atoms with Crippen LogP contribution in [0.25, 0.3) is 10.9 Å². The van der Waals surface area contributed by atoms with Gasteiger partial charge in [-0.25, -0.2) is 0 Å². The molecule has 1 saturated heterocycles. The first-order valence-corrected chi connectivity index (χ1v) is 10.8. The Kier molecular flexibility index (Phi) is 6.51. The molecular weight excluding hydrogens is 416 g/mol. The van der Waals surface area contributed by atoms with Crippen molar-refractivity contribution in [2.24, 2.45) is 0 Å². The minimum absolute atomic E-state index is 0.0261. The molecule has 1 N–H and O–H groups in total. The predicted octanol–water partition coefficient (Wildman–Crippen LogP) is 3.83. The zero-order chi connectivity index (χ0) is 21.8. The molecule has 1 aliphatic heterocycles. The monoisotopic (exact) mass is 442 g/mol. The Balaban J connectivity index is 1.36. The third-order valence-corrected chi connectivity index (χ3v) is 6.24. The number of aliphatic hydroxyl groups is 1. The molecule has 0 unspecified atom stereocenters. The van der Waals surface area contributed by atoms with Crippen molar-refractivity contribution in [3.8, 4) is 5.75 Å². The second-order valence-electron chi connectivity index (χ2n) is 7.90. The molecule has 31 heavy (non-hydrogen) atoms. The molecule has 3 aromatic rings. The number of carbonyl (C=O) groups excluding carboxylic acids is 1. The average Bonchev–Trinajstić information content (AvgIpc) is 3.20. The minimum Gasteiger partial charge on any atom is -0.483 e. The summed E-state index contributed by atoms with van der Waals surface area (Å²) in [6, 6.07) is 15.1. The first-order valence-electron chi connectivity index (χ1n) is 10.5. The van der Waals surface area contributed by atoms with Crippen molar-refractivity contribution in [2.45, 2.75) is 25.0 Å². The molecule has 1 fully saturated rings. The van der Waals surface area contributed by atoms with Gasteiger partial charge in [-0.15, -0.1) is 0 Å². The van der Waals surface area contributed by atoms with Crippen LogP contribution in [0.5, 0.6) is 5.75 Å². The highest BCUT2D eigenvalue weighted by molar-refractivity contribution is 6.30. The Labute approximate surface area is 186 Å². The zero-order valence-corrected chi connectivity index (χ0v) is 18.3. The fourth-order valence-electron chi connectivity index (χ4n) is 4.11. The lowest BCUT2D eigenvalue weighted by molar-refractivity contribution is -0.137. The van der Waals surface area contributed by atoms with Gasteiger partial charge in [0.1, 0.15) is 5.75 Å². The number of aromatic nitrogens is 1. The number of benzene rings is 2. The van der Waals surface area contributed by atoms with Crippen LogP contribution in [0, 0.1) is 0 Å². The Hall–Kier alpha value is -2.54. The molecule has 164 valence electrons. The number of halogens is 1. The number of piperidine rings is 1. The second kappa shape index (κ2) is 9.30. The van der Waals surface area contributed by atoms with Crippen LogP contribution in [-0.4, -0.2) is 53.9 Å². The van der Waals surface area contributed by atoms with Crippen molar-refractivity contribution in [3.05, 3.63) is 65.3 Å². The third-order valence-electron chi connectivity index (χ3n) is 5.99. The lowest BCUT2D eigenvalue weighted by atomic mass is 9.84. The van der Waals surface area contributed by atoms with Crippen LogP contribution >= 0.6 is 11.6 Å². The van der Waals surface area contributed by atoms with Gasteiger partial charge in [-0.2, -0.15) is 0 Å². The standard InChI is InChI=1S/C24H27ClN2O4/c1-30-16-15-26-12-9-20-21(26)3-2-4-22(20)31-17-23(28)27-13-10-24(29,11-14-27)18-5-7-19(25)8-6-18/h2-9,12,29H,10-11,13-17H2,1H3. The van der Waals surface area contributed by atoms with Crippen molar-refractivity contribution < 1.29 is 19.4 Å². The Morgan fingerprint density at radius 2 is 1.87 bits per heavy atom. The highest BCUT2D eigenvalue weighted by atomic mass is 35.5. The molecule has 0 spiro atoms. The molecule has 0 bridgehead atoms. The number of rotatable bonds is 7. The number of hydrogen-bond acceptors (Lipinski definition) is 4. The summed E-state index contributed by atoms with van der Waals surface area (Å²) in [4.78, 5) is 14.5. The first-order chi connectivity index (χ1) is 15.0. The molecule has 0 radical (unpaired) electrons.